The van der Waals surface area contributed by atoms with Crippen molar-refractivity contribution >= 4 is 5.97 Å². The van der Waals surface area contributed by atoms with E-state index in [1.54, 1.807) is 0 Å². The molecule has 0 aromatic heterocycles. The molecule has 0 aliphatic rings. The van der Waals surface area contributed by atoms with Gasteiger partial charge in [-0.25, -0.2) is 8.78 Å². The van der Waals surface area contributed by atoms with Gasteiger partial charge in [0.15, 0.2) is 11.9 Å². The number of ether oxygens (including phenoxy) is 1. The number of esters is 1. The van der Waals surface area contributed by atoms with E-state index in [0.717, 1.165) is 5.56 Å². The Morgan fingerprint density at radius 2 is 2.06 bits per heavy atom. The molecule has 0 heterocycles. The van der Waals surface area contributed by atoms with Crippen molar-refractivity contribution in [1.82, 2.24) is 0 Å². The van der Waals surface area contributed by atoms with Gasteiger partial charge in [0.25, 0.3) is 0 Å². The third-order valence-corrected chi connectivity index (χ3v) is 2.26. The van der Waals surface area contributed by atoms with E-state index < -0.39 is 17.9 Å². The van der Waals surface area contributed by atoms with Crippen LogP contribution in [0.25, 0.3) is 0 Å². The Balaban J connectivity index is 2.58. The van der Waals surface area contributed by atoms with Gasteiger partial charge in [-0.1, -0.05) is 30.3 Å². The number of rotatable bonds is 5. The highest BCUT2D eigenvalue weighted by Gasteiger charge is 2.17. The Morgan fingerprint density at radius 1 is 1.41 bits per heavy atom. The van der Waals surface area contributed by atoms with E-state index in [4.69, 9.17) is 4.74 Å². The van der Waals surface area contributed by atoms with Gasteiger partial charge in [0.1, 0.15) is 6.33 Å². The average molecular weight is 240 g/mol. The molecule has 92 valence electrons. The third-order valence-electron chi connectivity index (χ3n) is 2.26. The second kappa shape index (κ2) is 6.78. The topological polar surface area (TPSA) is 26.3 Å². The summed E-state index contributed by atoms with van der Waals surface area (Å²) in [7, 11) is 0. The highest BCUT2D eigenvalue weighted by Crippen LogP contribution is 2.16. The van der Waals surface area contributed by atoms with Crippen LogP contribution in [0.1, 0.15) is 18.9 Å². The lowest BCUT2D eigenvalue weighted by Gasteiger charge is -2.14. The fourth-order valence-corrected chi connectivity index (χ4v) is 1.47. The van der Waals surface area contributed by atoms with E-state index in [2.05, 4.69) is 0 Å². The molecule has 0 aliphatic carbocycles. The van der Waals surface area contributed by atoms with E-state index in [-0.39, 0.29) is 12.8 Å². The van der Waals surface area contributed by atoms with Crippen LogP contribution >= 0.6 is 0 Å². The Bertz CT molecular complexity index is 388. The number of carbonyl (C=O) groups excluding carboxylic acids is 1. The predicted molar refractivity (Wildman–Crippen MR) is 60.6 cm³/mol. The fourth-order valence-electron chi connectivity index (χ4n) is 1.47. The van der Waals surface area contributed by atoms with Crippen molar-refractivity contribution in [2.24, 2.45) is 0 Å². The fraction of sp³-hybridized carbons (Fsp3) is 0.308. The molecule has 0 saturated carbocycles. The molecule has 0 aliphatic heterocycles. The minimum atomic E-state index is -1.14. The second-order valence-electron chi connectivity index (χ2n) is 3.62. The van der Waals surface area contributed by atoms with Crippen LogP contribution in [-0.4, -0.2) is 12.1 Å². The molecule has 2 nitrogen and oxygen atoms in total. The van der Waals surface area contributed by atoms with Gasteiger partial charge in [-0.2, -0.15) is 0 Å². The number of carbonyl (C=O) groups is 1. The van der Waals surface area contributed by atoms with Crippen molar-refractivity contribution in [1.29, 1.82) is 0 Å². The molecule has 0 fully saturated rings. The molecule has 1 atom stereocenters. The molecular formula is C13H14F2O2. The zero-order chi connectivity index (χ0) is 12.7. The molecule has 1 aromatic carbocycles. The molecule has 0 spiro atoms. The zero-order valence-corrected chi connectivity index (χ0v) is 9.53. The van der Waals surface area contributed by atoms with E-state index in [9.17, 15) is 13.6 Å². The van der Waals surface area contributed by atoms with Crippen LogP contribution in [0.3, 0.4) is 0 Å². The van der Waals surface area contributed by atoms with Crippen LogP contribution in [0.5, 0.6) is 0 Å². The standard InChI is InChI=1S/C13H14F2O2/c1-10(16)17-13(12(15)9-14)8-7-11-5-3-2-4-6-11/h2-6,9,13H,7-8H2,1H3/b12-9-/t13-/m1/s1. The van der Waals surface area contributed by atoms with Crippen molar-refractivity contribution < 1.29 is 18.3 Å². The van der Waals surface area contributed by atoms with Crippen molar-refractivity contribution in [2.75, 3.05) is 0 Å². The molecule has 0 saturated heterocycles. The van der Waals surface area contributed by atoms with Gasteiger partial charge in [0.05, 0.1) is 0 Å². The van der Waals surface area contributed by atoms with Crippen LogP contribution in [-0.2, 0) is 16.0 Å². The summed E-state index contributed by atoms with van der Waals surface area (Å²) in [6.45, 7) is 1.17. The average Bonchev–Trinajstić information content (AvgIpc) is 2.34. The predicted octanol–water partition coefficient (Wildman–Crippen LogP) is 3.33. The number of hydrogen-bond acceptors (Lipinski definition) is 2. The minimum Gasteiger partial charge on any atom is -0.455 e. The summed E-state index contributed by atoms with van der Waals surface area (Å²) in [6, 6.07) is 9.34. The van der Waals surface area contributed by atoms with Gasteiger partial charge in [-0.05, 0) is 18.4 Å². The first-order valence-corrected chi connectivity index (χ1v) is 5.30. The van der Waals surface area contributed by atoms with Gasteiger partial charge in [-0.3, -0.25) is 4.79 Å². The summed E-state index contributed by atoms with van der Waals surface area (Å²) < 4.78 is 29.9. The molecule has 17 heavy (non-hydrogen) atoms. The molecule has 0 unspecified atom stereocenters. The Hall–Kier alpha value is -1.71. The van der Waals surface area contributed by atoms with Crippen molar-refractivity contribution in [3.05, 3.63) is 48.1 Å². The molecule has 0 bridgehead atoms. The summed E-state index contributed by atoms with van der Waals surface area (Å²) in [4.78, 5) is 10.7. The maximum absolute atomic E-state index is 13.1. The summed E-state index contributed by atoms with van der Waals surface area (Å²) in [5, 5.41) is 0. The summed E-state index contributed by atoms with van der Waals surface area (Å²) in [5.41, 5.74) is 0.983. The van der Waals surface area contributed by atoms with Crippen molar-refractivity contribution in [2.45, 2.75) is 25.9 Å². The Morgan fingerprint density at radius 3 is 2.59 bits per heavy atom. The lowest BCUT2D eigenvalue weighted by atomic mass is 10.1. The number of halogens is 2. The summed E-state index contributed by atoms with van der Waals surface area (Å²) >= 11 is 0. The summed E-state index contributed by atoms with van der Waals surface area (Å²) in [6.07, 6.45) is -0.577. The minimum absolute atomic E-state index is 0.168. The van der Waals surface area contributed by atoms with Gasteiger partial charge in [-0.15, -0.1) is 0 Å². The van der Waals surface area contributed by atoms with E-state index in [0.29, 0.717) is 6.42 Å². The van der Waals surface area contributed by atoms with Gasteiger partial charge in [0, 0.05) is 6.92 Å². The largest absolute Gasteiger partial charge is 0.455 e. The lowest BCUT2D eigenvalue weighted by Crippen LogP contribution is -2.18. The van der Waals surface area contributed by atoms with Gasteiger partial charge in [0.2, 0.25) is 0 Å². The first-order valence-electron chi connectivity index (χ1n) is 5.30. The second-order valence-corrected chi connectivity index (χ2v) is 3.62. The highest BCUT2D eigenvalue weighted by atomic mass is 19.2. The SMILES string of the molecule is CC(=O)O[C@H](CCc1ccccc1)/C(F)=C/F. The van der Waals surface area contributed by atoms with Crippen LogP contribution in [0.2, 0.25) is 0 Å². The quantitative estimate of drug-likeness (QED) is 0.738. The molecule has 0 amide bonds. The van der Waals surface area contributed by atoms with Crippen LogP contribution in [0.4, 0.5) is 8.78 Å². The first-order chi connectivity index (χ1) is 8.13. The maximum Gasteiger partial charge on any atom is 0.303 e. The monoisotopic (exact) mass is 240 g/mol. The zero-order valence-electron chi connectivity index (χ0n) is 9.53. The normalized spacial score (nSPS) is 13.2. The summed E-state index contributed by atoms with van der Waals surface area (Å²) in [5.74, 6) is -1.68. The van der Waals surface area contributed by atoms with E-state index in [1.165, 1.54) is 6.92 Å². The molecule has 0 radical (unpaired) electrons. The Labute approximate surface area is 98.9 Å². The van der Waals surface area contributed by atoms with E-state index in [1.807, 2.05) is 30.3 Å². The van der Waals surface area contributed by atoms with Crippen molar-refractivity contribution in [3.8, 4) is 0 Å². The molecule has 0 N–H and O–H groups in total. The van der Waals surface area contributed by atoms with Crippen LogP contribution < -0.4 is 0 Å². The molecule has 1 rings (SSSR count). The third kappa shape index (κ3) is 4.76. The van der Waals surface area contributed by atoms with Crippen LogP contribution in [0, 0.1) is 0 Å². The lowest BCUT2D eigenvalue weighted by molar-refractivity contribution is -0.145. The number of aryl methyl sites for hydroxylation is 1. The molecule has 1 aromatic rings. The van der Waals surface area contributed by atoms with Crippen molar-refractivity contribution in [3.63, 3.8) is 0 Å². The van der Waals surface area contributed by atoms with Crippen LogP contribution in [0.15, 0.2) is 42.5 Å². The van der Waals surface area contributed by atoms with Gasteiger partial charge >= 0.3 is 5.97 Å². The number of hydrogen-bond donors (Lipinski definition) is 0. The van der Waals surface area contributed by atoms with E-state index >= 15 is 0 Å². The first kappa shape index (κ1) is 13.4. The number of benzene rings is 1. The highest BCUT2D eigenvalue weighted by molar-refractivity contribution is 5.66. The maximum atomic E-state index is 13.1. The van der Waals surface area contributed by atoms with Gasteiger partial charge < -0.3 is 4.74 Å². The smallest absolute Gasteiger partial charge is 0.303 e. The molecule has 4 heteroatoms. The Kier molecular flexibility index (Phi) is 5.33. The molecular weight excluding hydrogens is 226 g/mol.